The van der Waals surface area contributed by atoms with Gasteiger partial charge in [0.05, 0.1) is 45.2 Å². The van der Waals surface area contributed by atoms with Crippen molar-refractivity contribution in [3.63, 3.8) is 0 Å². The average molecular weight is 531 g/mol. The summed E-state index contributed by atoms with van der Waals surface area (Å²) in [5.74, 6) is -0.434. The number of aliphatic hydroxyl groups is 1. The highest BCUT2D eigenvalue weighted by Gasteiger charge is 2.40. The second-order valence-electron chi connectivity index (χ2n) is 9.29. The Morgan fingerprint density at radius 3 is 2.53 bits per heavy atom. The summed E-state index contributed by atoms with van der Waals surface area (Å²) in [6, 6.07) is 7.78. The molecule has 1 N–H and O–H groups in total. The van der Waals surface area contributed by atoms with Crippen molar-refractivity contribution in [2.45, 2.75) is 32.5 Å². The minimum Gasteiger partial charge on any atom is -0.459 e. The molecule has 0 aliphatic carbocycles. The number of ether oxygens (including phenoxy) is 5. The zero-order valence-corrected chi connectivity index (χ0v) is 22.2. The van der Waals surface area contributed by atoms with Gasteiger partial charge in [0.1, 0.15) is 0 Å². The van der Waals surface area contributed by atoms with E-state index in [2.05, 4.69) is 0 Å². The van der Waals surface area contributed by atoms with E-state index in [1.165, 1.54) is 6.92 Å². The third-order valence-electron chi connectivity index (χ3n) is 6.87. The van der Waals surface area contributed by atoms with Crippen LogP contribution in [0.15, 0.2) is 42.3 Å². The molecule has 0 unspecified atom stereocenters. The Labute approximate surface area is 223 Å². The maximum absolute atomic E-state index is 13.5. The number of rotatable bonds is 12. The summed E-state index contributed by atoms with van der Waals surface area (Å²) in [6.07, 6.45) is 3.69. The SMILES string of the molecule is CCO[C@@H]1OC(C(=O)N2CCOCC2)=C[C@H](c2cn(C(C)=O)c3ccccc23)[C@@H]1CCOCCOCCO. The van der Waals surface area contributed by atoms with Gasteiger partial charge in [0.2, 0.25) is 12.2 Å². The quantitative estimate of drug-likeness (QED) is 0.417. The number of hydrogen-bond donors (Lipinski definition) is 1. The number of amides is 1. The van der Waals surface area contributed by atoms with Crippen LogP contribution in [0.3, 0.4) is 0 Å². The van der Waals surface area contributed by atoms with Crippen LogP contribution in [0.1, 0.15) is 36.5 Å². The number of allylic oxidation sites excluding steroid dienone is 1. The molecule has 1 saturated heterocycles. The second-order valence-corrected chi connectivity index (χ2v) is 9.29. The van der Waals surface area contributed by atoms with Crippen molar-refractivity contribution in [2.24, 2.45) is 5.92 Å². The zero-order chi connectivity index (χ0) is 26.9. The monoisotopic (exact) mass is 530 g/mol. The molecule has 1 fully saturated rings. The van der Waals surface area contributed by atoms with Gasteiger partial charge in [-0.05, 0) is 31.1 Å². The lowest BCUT2D eigenvalue weighted by atomic mass is 9.81. The van der Waals surface area contributed by atoms with E-state index in [0.717, 1.165) is 16.5 Å². The fraction of sp³-hybridized carbons (Fsp3) is 0.571. The first-order valence-electron chi connectivity index (χ1n) is 13.3. The highest BCUT2D eigenvalue weighted by Crippen LogP contribution is 2.42. The van der Waals surface area contributed by atoms with Crippen LogP contribution in [-0.4, -0.2) is 98.6 Å². The molecule has 0 bridgehead atoms. The number of morpholine rings is 1. The van der Waals surface area contributed by atoms with Crippen molar-refractivity contribution in [2.75, 3.05) is 65.9 Å². The van der Waals surface area contributed by atoms with E-state index in [1.807, 2.05) is 43.5 Å². The number of carbonyl (C=O) groups is 2. The molecule has 4 rings (SSSR count). The van der Waals surface area contributed by atoms with E-state index >= 15 is 0 Å². The van der Waals surface area contributed by atoms with Gasteiger partial charge in [-0.25, -0.2) is 0 Å². The van der Waals surface area contributed by atoms with Gasteiger partial charge in [-0.1, -0.05) is 18.2 Å². The minimum atomic E-state index is -0.663. The number of nitrogens with zero attached hydrogens (tertiary/aromatic N) is 2. The highest BCUT2D eigenvalue weighted by atomic mass is 16.7. The van der Waals surface area contributed by atoms with E-state index in [4.69, 9.17) is 28.8 Å². The van der Waals surface area contributed by atoms with Crippen LogP contribution in [0, 0.1) is 5.92 Å². The maximum atomic E-state index is 13.5. The Morgan fingerprint density at radius 2 is 1.82 bits per heavy atom. The molecule has 0 saturated carbocycles. The Balaban J connectivity index is 1.66. The van der Waals surface area contributed by atoms with Crippen LogP contribution >= 0.6 is 0 Å². The van der Waals surface area contributed by atoms with E-state index in [1.54, 1.807) is 9.47 Å². The number of hydrogen-bond acceptors (Lipinski definition) is 8. The van der Waals surface area contributed by atoms with Gasteiger partial charge in [0, 0.05) is 56.6 Å². The predicted molar refractivity (Wildman–Crippen MR) is 140 cm³/mol. The molecule has 0 spiro atoms. The van der Waals surface area contributed by atoms with Gasteiger partial charge < -0.3 is 33.7 Å². The topological polar surface area (TPSA) is 109 Å². The van der Waals surface area contributed by atoms with E-state index in [9.17, 15) is 9.59 Å². The Bertz CT molecular complexity index is 1110. The number of carbonyl (C=O) groups excluding carboxylic acids is 2. The molecule has 1 aromatic heterocycles. The molecule has 0 radical (unpaired) electrons. The molecular formula is C28H38N2O8. The summed E-state index contributed by atoms with van der Waals surface area (Å²) in [6.45, 7) is 7.32. The predicted octanol–water partition coefficient (Wildman–Crippen LogP) is 2.55. The van der Waals surface area contributed by atoms with Crippen LogP contribution in [-0.2, 0) is 28.5 Å². The minimum absolute atomic E-state index is 0.0250. The average Bonchev–Trinajstić information content (AvgIpc) is 3.33. The Kier molecular flexibility index (Phi) is 10.3. The lowest BCUT2D eigenvalue weighted by Crippen LogP contribution is -2.44. The van der Waals surface area contributed by atoms with Gasteiger partial charge in [-0.15, -0.1) is 0 Å². The van der Waals surface area contributed by atoms with E-state index in [-0.39, 0.29) is 42.6 Å². The molecule has 2 aromatic rings. The molecule has 2 aliphatic heterocycles. The van der Waals surface area contributed by atoms with Crippen LogP contribution in [0.5, 0.6) is 0 Å². The van der Waals surface area contributed by atoms with Gasteiger partial charge in [-0.3, -0.25) is 14.2 Å². The second kappa shape index (κ2) is 13.9. The lowest BCUT2D eigenvalue weighted by molar-refractivity contribution is -0.173. The number of benzene rings is 1. The molecule has 38 heavy (non-hydrogen) atoms. The molecule has 1 amide bonds. The van der Waals surface area contributed by atoms with Crippen LogP contribution < -0.4 is 0 Å². The summed E-state index contributed by atoms with van der Waals surface area (Å²) >= 11 is 0. The number of fused-ring (bicyclic) bond motifs is 1. The van der Waals surface area contributed by atoms with Gasteiger partial charge in [0.25, 0.3) is 5.91 Å². The van der Waals surface area contributed by atoms with E-state index in [0.29, 0.717) is 59.2 Å². The fourth-order valence-corrected chi connectivity index (χ4v) is 5.05. The van der Waals surface area contributed by atoms with Crippen molar-refractivity contribution < 1.29 is 38.4 Å². The molecular weight excluding hydrogens is 492 g/mol. The summed E-state index contributed by atoms with van der Waals surface area (Å²) in [5, 5.41) is 9.80. The standard InChI is InChI=1S/C28H38N2O8/c1-3-37-28-22(8-12-34-16-17-36-15-11-31)23(18-26(38-28)27(33)29-9-13-35-14-10-29)24-19-30(20(2)32)25-7-5-4-6-21(24)25/h4-7,18-19,22-23,28,31H,3,8-17H2,1-2H3/t22-,23-,28+/m0/s1. The normalized spacial score (nSPS) is 21.8. The van der Waals surface area contributed by atoms with Crippen molar-refractivity contribution >= 4 is 22.7 Å². The summed E-state index contributed by atoms with van der Waals surface area (Å²) in [5.41, 5.74) is 1.76. The molecule has 208 valence electrons. The van der Waals surface area contributed by atoms with Crippen molar-refractivity contribution in [3.05, 3.63) is 47.9 Å². The van der Waals surface area contributed by atoms with Crippen LogP contribution in [0.4, 0.5) is 0 Å². The van der Waals surface area contributed by atoms with Crippen molar-refractivity contribution in [1.82, 2.24) is 9.47 Å². The Hall–Kier alpha value is -2.76. The number of aromatic nitrogens is 1. The van der Waals surface area contributed by atoms with Gasteiger partial charge in [0.15, 0.2) is 5.76 Å². The summed E-state index contributed by atoms with van der Waals surface area (Å²) in [4.78, 5) is 27.7. The first kappa shape index (κ1) is 28.3. The molecule has 3 atom stereocenters. The Morgan fingerprint density at radius 1 is 1.08 bits per heavy atom. The zero-order valence-electron chi connectivity index (χ0n) is 22.2. The van der Waals surface area contributed by atoms with Crippen molar-refractivity contribution in [3.8, 4) is 0 Å². The largest absolute Gasteiger partial charge is 0.459 e. The highest BCUT2D eigenvalue weighted by molar-refractivity contribution is 5.95. The van der Waals surface area contributed by atoms with E-state index < -0.39 is 6.29 Å². The fourth-order valence-electron chi connectivity index (χ4n) is 5.05. The third-order valence-corrected chi connectivity index (χ3v) is 6.87. The van der Waals surface area contributed by atoms with Crippen molar-refractivity contribution in [1.29, 1.82) is 0 Å². The molecule has 2 aliphatic rings. The number of para-hydroxylation sites is 1. The summed E-state index contributed by atoms with van der Waals surface area (Å²) in [7, 11) is 0. The van der Waals surface area contributed by atoms with Gasteiger partial charge in [-0.2, -0.15) is 0 Å². The lowest BCUT2D eigenvalue weighted by Gasteiger charge is -2.38. The van der Waals surface area contributed by atoms with Crippen LogP contribution in [0.25, 0.3) is 10.9 Å². The smallest absolute Gasteiger partial charge is 0.288 e. The first-order valence-corrected chi connectivity index (χ1v) is 13.3. The third kappa shape index (κ3) is 6.62. The molecule has 1 aromatic carbocycles. The summed E-state index contributed by atoms with van der Waals surface area (Å²) < 4.78 is 30.4. The van der Waals surface area contributed by atoms with Crippen LogP contribution in [0.2, 0.25) is 0 Å². The molecule has 10 nitrogen and oxygen atoms in total. The molecule has 3 heterocycles. The number of aliphatic hydroxyl groups excluding tert-OH is 1. The first-order chi connectivity index (χ1) is 18.5. The van der Waals surface area contributed by atoms with Gasteiger partial charge >= 0.3 is 0 Å². The molecule has 10 heteroatoms. The maximum Gasteiger partial charge on any atom is 0.288 e.